The number of hydrogen-bond donors (Lipinski definition) is 0. The molecule has 0 aliphatic carbocycles. The maximum Gasteiger partial charge on any atom is 0.416 e. The number of benzene rings is 1. The lowest BCUT2D eigenvalue weighted by atomic mass is 10.0. The molecule has 9 heteroatoms. The maximum absolute atomic E-state index is 13.4. The lowest BCUT2D eigenvalue weighted by molar-refractivity contribution is -0.137. The van der Waals surface area contributed by atoms with Crippen LogP contribution in [-0.4, -0.2) is 63.3 Å². The number of carbonyl (C=O) groups is 1. The Morgan fingerprint density at radius 3 is 2.45 bits per heavy atom. The summed E-state index contributed by atoms with van der Waals surface area (Å²) in [5.41, 5.74) is -0.190. The van der Waals surface area contributed by atoms with Crippen LogP contribution in [0.25, 0.3) is 11.5 Å². The van der Waals surface area contributed by atoms with Gasteiger partial charge in [-0.3, -0.25) is 4.79 Å². The number of amides is 1. The molecular formula is C22H24F3N5O. The Labute approximate surface area is 178 Å². The second-order valence-corrected chi connectivity index (χ2v) is 7.88. The topological polar surface area (TPSA) is 46.3 Å². The third-order valence-electron chi connectivity index (χ3n) is 5.80. The summed E-state index contributed by atoms with van der Waals surface area (Å²) in [6, 6.07) is 8.63. The first kappa shape index (κ1) is 21.2. The highest BCUT2D eigenvalue weighted by Crippen LogP contribution is 2.31. The Kier molecular flexibility index (Phi) is 5.62. The van der Waals surface area contributed by atoms with E-state index < -0.39 is 11.7 Å². The fraction of sp³-hybridized carbons (Fsp3) is 0.364. The van der Waals surface area contributed by atoms with Crippen LogP contribution in [0.2, 0.25) is 0 Å². The van der Waals surface area contributed by atoms with Gasteiger partial charge in [0, 0.05) is 25.5 Å². The van der Waals surface area contributed by atoms with Gasteiger partial charge in [-0.15, -0.1) is 0 Å². The molecule has 0 N–H and O–H groups in total. The third kappa shape index (κ3) is 4.23. The van der Waals surface area contributed by atoms with Gasteiger partial charge in [0.1, 0.15) is 5.56 Å². The van der Waals surface area contributed by atoms with Gasteiger partial charge in [-0.1, -0.05) is 6.07 Å². The molecule has 164 valence electrons. The fourth-order valence-corrected chi connectivity index (χ4v) is 3.96. The van der Waals surface area contributed by atoms with E-state index in [0.717, 1.165) is 38.1 Å². The highest BCUT2D eigenvalue weighted by Gasteiger charge is 2.32. The van der Waals surface area contributed by atoms with E-state index in [-0.39, 0.29) is 17.6 Å². The molecule has 0 bridgehead atoms. The largest absolute Gasteiger partial charge is 0.416 e. The molecule has 2 aromatic heterocycles. The van der Waals surface area contributed by atoms with Gasteiger partial charge >= 0.3 is 6.18 Å². The zero-order valence-corrected chi connectivity index (χ0v) is 17.4. The van der Waals surface area contributed by atoms with Crippen molar-refractivity contribution in [2.45, 2.75) is 25.1 Å². The van der Waals surface area contributed by atoms with Crippen LogP contribution < -0.4 is 0 Å². The average molecular weight is 431 g/mol. The summed E-state index contributed by atoms with van der Waals surface area (Å²) in [5.74, 6) is 0.214. The number of piperidine rings is 1. The van der Waals surface area contributed by atoms with Crippen molar-refractivity contribution in [2.75, 3.05) is 27.2 Å². The first-order chi connectivity index (χ1) is 14.8. The van der Waals surface area contributed by atoms with Gasteiger partial charge in [0.25, 0.3) is 5.91 Å². The predicted octanol–water partition coefficient (Wildman–Crippen LogP) is 3.85. The summed E-state index contributed by atoms with van der Waals surface area (Å²) in [6.45, 7) is 1.83. The summed E-state index contributed by atoms with van der Waals surface area (Å²) in [4.78, 5) is 17.3. The van der Waals surface area contributed by atoms with E-state index in [1.807, 2.05) is 0 Å². The molecule has 1 saturated heterocycles. The van der Waals surface area contributed by atoms with Crippen molar-refractivity contribution in [1.29, 1.82) is 0 Å². The van der Waals surface area contributed by atoms with Gasteiger partial charge < -0.3 is 14.4 Å². The molecule has 3 heterocycles. The summed E-state index contributed by atoms with van der Waals surface area (Å²) >= 11 is 0. The lowest BCUT2D eigenvalue weighted by Crippen LogP contribution is -2.44. The molecule has 3 aromatic rings. The van der Waals surface area contributed by atoms with Crippen molar-refractivity contribution in [3.05, 3.63) is 66.1 Å². The van der Waals surface area contributed by atoms with E-state index in [1.165, 1.54) is 16.9 Å². The van der Waals surface area contributed by atoms with E-state index in [1.54, 1.807) is 47.1 Å². The Balaban J connectivity index is 1.74. The molecular weight excluding hydrogens is 407 g/mol. The number of alkyl halides is 3. The third-order valence-corrected chi connectivity index (χ3v) is 5.80. The minimum absolute atomic E-state index is 0.109. The van der Waals surface area contributed by atoms with E-state index >= 15 is 0 Å². The molecule has 0 radical (unpaired) electrons. The molecule has 0 unspecified atom stereocenters. The number of rotatable bonds is 4. The summed E-state index contributed by atoms with van der Waals surface area (Å²) in [7, 11) is 3.83. The SMILES string of the molecule is CN1CCC(N(C)C(=O)c2cnn(-c3cccc(C(F)(F)F)c3)c2-n2cccc2)CC1. The van der Waals surface area contributed by atoms with Crippen LogP contribution in [0.4, 0.5) is 13.2 Å². The fourth-order valence-electron chi connectivity index (χ4n) is 3.96. The first-order valence-electron chi connectivity index (χ1n) is 10.1. The van der Waals surface area contributed by atoms with Crippen LogP contribution in [0.1, 0.15) is 28.8 Å². The Morgan fingerprint density at radius 2 is 1.81 bits per heavy atom. The van der Waals surface area contributed by atoms with Gasteiger partial charge in [-0.25, -0.2) is 4.68 Å². The van der Waals surface area contributed by atoms with Gasteiger partial charge in [0.05, 0.1) is 17.4 Å². The molecule has 6 nitrogen and oxygen atoms in total. The van der Waals surface area contributed by atoms with Gasteiger partial charge in [0.2, 0.25) is 0 Å². The average Bonchev–Trinajstić information content (AvgIpc) is 3.42. The highest BCUT2D eigenvalue weighted by atomic mass is 19.4. The Hall–Kier alpha value is -3.07. The molecule has 31 heavy (non-hydrogen) atoms. The number of nitrogens with zero attached hydrogens (tertiary/aromatic N) is 5. The standard InChI is InChI=1S/C22H24F3N5O/c1-27-12-8-17(9-13-27)28(2)21(31)19-15-26-30(20(19)29-10-3-4-11-29)18-7-5-6-16(14-18)22(23,24)25/h3-7,10-11,14-15,17H,8-9,12-13H2,1-2H3. The van der Waals surface area contributed by atoms with Crippen molar-refractivity contribution in [2.24, 2.45) is 0 Å². The lowest BCUT2D eigenvalue weighted by Gasteiger charge is -2.35. The van der Waals surface area contributed by atoms with E-state index in [4.69, 9.17) is 0 Å². The molecule has 0 spiro atoms. The van der Waals surface area contributed by atoms with Crippen LogP contribution in [0.5, 0.6) is 0 Å². The minimum Gasteiger partial charge on any atom is -0.338 e. The van der Waals surface area contributed by atoms with Crippen LogP contribution in [0.3, 0.4) is 0 Å². The zero-order valence-electron chi connectivity index (χ0n) is 17.4. The molecule has 0 saturated carbocycles. The number of hydrogen-bond acceptors (Lipinski definition) is 3. The van der Waals surface area contributed by atoms with E-state index in [9.17, 15) is 18.0 Å². The molecule has 4 rings (SSSR count). The first-order valence-corrected chi connectivity index (χ1v) is 10.1. The monoisotopic (exact) mass is 431 g/mol. The second kappa shape index (κ2) is 8.22. The number of carbonyl (C=O) groups excluding carboxylic acids is 1. The van der Waals surface area contributed by atoms with Crippen LogP contribution in [-0.2, 0) is 6.18 Å². The quantitative estimate of drug-likeness (QED) is 0.631. The Morgan fingerprint density at radius 1 is 1.13 bits per heavy atom. The normalized spacial score (nSPS) is 15.9. The molecule has 1 aliphatic heterocycles. The van der Waals surface area contributed by atoms with Crippen LogP contribution >= 0.6 is 0 Å². The summed E-state index contributed by atoms with van der Waals surface area (Å²) in [5, 5.41) is 4.30. The maximum atomic E-state index is 13.4. The summed E-state index contributed by atoms with van der Waals surface area (Å²) < 4.78 is 42.8. The molecule has 0 atom stereocenters. The molecule has 1 fully saturated rings. The van der Waals surface area contributed by atoms with Gasteiger partial charge in [-0.2, -0.15) is 18.3 Å². The van der Waals surface area contributed by atoms with E-state index in [2.05, 4.69) is 17.0 Å². The van der Waals surface area contributed by atoms with Crippen LogP contribution in [0.15, 0.2) is 55.0 Å². The summed E-state index contributed by atoms with van der Waals surface area (Å²) in [6.07, 6.45) is 2.20. The number of aromatic nitrogens is 3. The molecule has 1 amide bonds. The second-order valence-electron chi connectivity index (χ2n) is 7.88. The number of halogens is 3. The zero-order chi connectivity index (χ0) is 22.2. The van der Waals surface area contributed by atoms with E-state index in [0.29, 0.717) is 11.4 Å². The van der Waals surface area contributed by atoms with Crippen molar-refractivity contribution in [1.82, 2.24) is 24.1 Å². The van der Waals surface area contributed by atoms with Crippen molar-refractivity contribution >= 4 is 5.91 Å². The van der Waals surface area contributed by atoms with Crippen molar-refractivity contribution in [3.63, 3.8) is 0 Å². The number of likely N-dealkylation sites (tertiary alicyclic amines) is 1. The van der Waals surface area contributed by atoms with Crippen molar-refractivity contribution in [3.8, 4) is 11.5 Å². The molecule has 1 aliphatic rings. The van der Waals surface area contributed by atoms with Crippen LogP contribution in [0, 0.1) is 0 Å². The van der Waals surface area contributed by atoms with Gasteiger partial charge in [-0.05, 0) is 63.3 Å². The van der Waals surface area contributed by atoms with Gasteiger partial charge in [0.15, 0.2) is 5.82 Å². The Bertz CT molecular complexity index is 1050. The molecule has 1 aromatic carbocycles. The highest BCUT2D eigenvalue weighted by molar-refractivity contribution is 5.97. The van der Waals surface area contributed by atoms with Crippen molar-refractivity contribution < 1.29 is 18.0 Å². The minimum atomic E-state index is -4.47. The smallest absolute Gasteiger partial charge is 0.338 e. The predicted molar refractivity (Wildman–Crippen MR) is 111 cm³/mol.